The Hall–Kier alpha value is -1.97. The Kier molecular flexibility index (Phi) is 3.10. The summed E-state index contributed by atoms with van der Waals surface area (Å²) in [5.41, 5.74) is 2.29. The number of nitrogens with zero attached hydrogens (tertiary/aromatic N) is 3. The van der Waals surface area contributed by atoms with E-state index < -0.39 is 0 Å². The maximum Gasteiger partial charge on any atom is 0.183 e. The second kappa shape index (κ2) is 4.70. The van der Waals surface area contributed by atoms with Crippen LogP contribution in [0.25, 0.3) is 11.4 Å². The van der Waals surface area contributed by atoms with E-state index in [-0.39, 0.29) is 0 Å². The molecule has 4 heteroatoms. The van der Waals surface area contributed by atoms with Gasteiger partial charge in [-0.2, -0.15) is 5.10 Å². The van der Waals surface area contributed by atoms with Crippen molar-refractivity contribution in [2.24, 2.45) is 0 Å². The fraction of sp³-hybridized carbons (Fsp3) is 0.250. The molecule has 2 aromatic rings. The molecule has 16 heavy (non-hydrogen) atoms. The predicted molar refractivity (Wildman–Crippen MR) is 64.2 cm³/mol. The van der Waals surface area contributed by atoms with Crippen molar-refractivity contribution < 1.29 is 0 Å². The van der Waals surface area contributed by atoms with Crippen LogP contribution in [0.15, 0.2) is 30.5 Å². The van der Waals surface area contributed by atoms with Gasteiger partial charge >= 0.3 is 0 Å². The fourth-order valence-corrected chi connectivity index (χ4v) is 1.44. The molecular formula is C12H14N4. The maximum absolute atomic E-state index is 4.33. The standard InChI is InChI=1S/C12H14N4/c1-3-9-4-6-10(7-5-9)12-15-11(13-2)8-14-16-12/h4-8H,3H2,1-2H3,(H,13,15,16). The Morgan fingerprint density at radius 1 is 1.19 bits per heavy atom. The van der Waals surface area contributed by atoms with E-state index in [1.807, 2.05) is 19.2 Å². The summed E-state index contributed by atoms with van der Waals surface area (Å²) in [4.78, 5) is 4.33. The molecule has 0 aliphatic carbocycles. The molecule has 0 aliphatic rings. The van der Waals surface area contributed by atoms with E-state index in [0.717, 1.165) is 17.8 Å². The minimum absolute atomic E-state index is 0.648. The normalized spacial score (nSPS) is 10.1. The average molecular weight is 214 g/mol. The van der Waals surface area contributed by atoms with Gasteiger partial charge in [0.25, 0.3) is 0 Å². The fourth-order valence-electron chi connectivity index (χ4n) is 1.44. The Balaban J connectivity index is 2.34. The van der Waals surface area contributed by atoms with Gasteiger partial charge < -0.3 is 5.32 Å². The first-order chi connectivity index (χ1) is 7.83. The second-order valence-electron chi connectivity index (χ2n) is 3.47. The molecule has 4 nitrogen and oxygen atoms in total. The largest absolute Gasteiger partial charge is 0.372 e. The lowest BCUT2D eigenvalue weighted by Crippen LogP contribution is -1.98. The lowest BCUT2D eigenvalue weighted by Gasteiger charge is -2.02. The number of anilines is 1. The van der Waals surface area contributed by atoms with Crippen LogP contribution in [0.1, 0.15) is 12.5 Å². The summed E-state index contributed by atoms with van der Waals surface area (Å²) >= 11 is 0. The molecule has 82 valence electrons. The maximum atomic E-state index is 4.33. The highest BCUT2D eigenvalue weighted by Gasteiger charge is 2.02. The van der Waals surface area contributed by atoms with Crippen molar-refractivity contribution in [3.63, 3.8) is 0 Å². The van der Waals surface area contributed by atoms with Crippen molar-refractivity contribution in [1.82, 2.24) is 15.2 Å². The first-order valence-corrected chi connectivity index (χ1v) is 5.30. The van der Waals surface area contributed by atoms with Gasteiger partial charge in [0.1, 0.15) is 5.82 Å². The second-order valence-corrected chi connectivity index (χ2v) is 3.47. The van der Waals surface area contributed by atoms with E-state index in [2.05, 4.69) is 39.6 Å². The molecule has 1 heterocycles. The average Bonchev–Trinajstić information content (AvgIpc) is 2.39. The minimum Gasteiger partial charge on any atom is -0.372 e. The van der Waals surface area contributed by atoms with Gasteiger partial charge in [0.05, 0.1) is 6.20 Å². The van der Waals surface area contributed by atoms with Crippen molar-refractivity contribution in [2.45, 2.75) is 13.3 Å². The van der Waals surface area contributed by atoms with Crippen molar-refractivity contribution in [3.05, 3.63) is 36.0 Å². The first kappa shape index (κ1) is 10.5. The van der Waals surface area contributed by atoms with E-state index in [4.69, 9.17) is 0 Å². The van der Waals surface area contributed by atoms with Crippen LogP contribution in [-0.2, 0) is 6.42 Å². The lowest BCUT2D eigenvalue weighted by atomic mass is 10.1. The van der Waals surface area contributed by atoms with Gasteiger partial charge in [0.15, 0.2) is 5.82 Å². The highest BCUT2D eigenvalue weighted by molar-refractivity contribution is 5.56. The van der Waals surface area contributed by atoms with Gasteiger partial charge in [-0.25, -0.2) is 4.98 Å². The summed E-state index contributed by atoms with van der Waals surface area (Å²) in [6.07, 6.45) is 2.64. The van der Waals surface area contributed by atoms with Gasteiger partial charge in [-0.3, -0.25) is 0 Å². The van der Waals surface area contributed by atoms with Gasteiger partial charge in [-0.15, -0.1) is 5.10 Å². The third-order valence-electron chi connectivity index (χ3n) is 2.44. The lowest BCUT2D eigenvalue weighted by molar-refractivity contribution is 0.980. The van der Waals surface area contributed by atoms with E-state index in [1.54, 1.807) is 6.20 Å². The molecule has 0 fully saturated rings. The number of nitrogens with one attached hydrogen (secondary N) is 1. The summed E-state index contributed by atoms with van der Waals surface area (Å²) in [7, 11) is 1.81. The summed E-state index contributed by atoms with van der Waals surface area (Å²) in [5.74, 6) is 1.37. The number of aromatic nitrogens is 3. The van der Waals surface area contributed by atoms with Crippen LogP contribution in [0.2, 0.25) is 0 Å². The summed E-state index contributed by atoms with van der Waals surface area (Å²) in [6.45, 7) is 2.13. The van der Waals surface area contributed by atoms with Crippen molar-refractivity contribution in [3.8, 4) is 11.4 Å². The zero-order chi connectivity index (χ0) is 11.4. The SMILES string of the molecule is CCc1ccc(-c2nncc(NC)n2)cc1. The molecule has 0 spiro atoms. The molecule has 0 atom stereocenters. The molecular weight excluding hydrogens is 200 g/mol. The van der Waals surface area contributed by atoms with Crippen LogP contribution in [0.4, 0.5) is 5.82 Å². The van der Waals surface area contributed by atoms with E-state index in [1.165, 1.54) is 5.56 Å². The van der Waals surface area contributed by atoms with Crippen molar-refractivity contribution >= 4 is 5.82 Å². The molecule has 1 aromatic heterocycles. The van der Waals surface area contributed by atoms with Crippen LogP contribution in [0, 0.1) is 0 Å². The van der Waals surface area contributed by atoms with Crippen molar-refractivity contribution in [2.75, 3.05) is 12.4 Å². The summed E-state index contributed by atoms with van der Waals surface area (Å²) < 4.78 is 0. The third kappa shape index (κ3) is 2.16. The highest BCUT2D eigenvalue weighted by atomic mass is 15.2. The quantitative estimate of drug-likeness (QED) is 0.850. The van der Waals surface area contributed by atoms with Gasteiger partial charge in [0, 0.05) is 12.6 Å². The molecule has 1 aromatic carbocycles. The monoisotopic (exact) mass is 214 g/mol. The molecule has 0 radical (unpaired) electrons. The first-order valence-electron chi connectivity index (χ1n) is 5.30. The Morgan fingerprint density at radius 2 is 1.94 bits per heavy atom. The molecule has 2 rings (SSSR count). The highest BCUT2D eigenvalue weighted by Crippen LogP contribution is 2.16. The van der Waals surface area contributed by atoms with Crippen molar-refractivity contribution in [1.29, 1.82) is 0 Å². The topological polar surface area (TPSA) is 50.7 Å². The number of hydrogen-bond donors (Lipinski definition) is 1. The van der Waals surface area contributed by atoms with Crippen LogP contribution in [-0.4, -0.2) is 22.2 Å². The Bertz CT molecular complexity index is 465. The minimum atomic E-state index is 0.648. The zero-order valence-corrected chi connectivity index (χ0v) is 9.44. The number of rotatable bonds is 3. The Morgan fingerprint density at radius 3 is 2.56 bits per heavy atom. The molecule has 1 N–H and O–H groups in total. The number of aryl methyl sites for hydroxylation is 1. The smallest absolute Gasteiger partial charge is 0.183 e. The molecule has 0 unspecified atom stereocenters. The van der Waals surface area contributed by atoms with Gasteiger partial charge in [-0.1, -0.05) is 31.2 Å². The summed E-state index contributed by atoms with van der Waals surface area (Å²) in [5, 5.41) is 10.9. The van der Waals surface area contributed by atoms with Crippen LogP contribution in [0.3, 0.4) is 0 Å². The molecule has 0 saturated carbocycles. The van der Waals surface area contributed by atoms with Crippen LogP contribution < -0.4 is 5.32 Å². The summed E-state index contributed by atoms with van der Waals surface area (Å²) in [6, 6.07) is 8.22. The Labute approximate surface area is 94.8 Å². The number of benzene rings is 1. The van der Waals surface area contributed by atoms with E-state index >= 15 is 0 Å². The predicted octanol–water partition coefficient (Wildman–Crippen LogP) is 2.14. The van der Waals surface area contributed by atoms with E-state index in [9.17, 15) is 0 Å². The van der Waals surface area contributed by atoms with Crippen LogP contribution >= 0.6 is 0 Å². The number of hydrogen-bond acceptors (Lipinski definition) is 4. The zero-order valence-electron chi connectivity index (χ0n) is 9.44. The van der Waals surface area contributed by atoms with Gasteiger partial charge in [0.2, 0.25) is 0 Å². The molecule has 0 amide bonds. The molecule has 0 bridgehead atoms. The van der Waals surface area contributed by atoms with Crippen LogP contribution in [0.5, 0.6) is 0 Å². The van der Waals surface area contributed by atoms with Gasteiger partial charge in [-0.05, 0) is 12.0 Å². The van der Waals surface area contributed by atoms with E-state index in [0.29, 0.717) is 5.82 Å². The third-order valence-corrected chi connectivity index (χ3v) is 2.44. The molecule has 0 aliphatic heterocycles. The molecule has 0 saturated heterocycles.